The minimum atomic E-state index is -1.26. The third kappa shape index (κ3) is 4.12. The van der Waals surface area contributed by atoms with Gasteiger partial charge >= 0.3 is 11.9 Å². The van der Waals surface area contributed by atoms with Gasteiger partial charge in [0.15, 0.2) is 0 Å². The second-order valence-electron chi connectivity index (χ2n) is 5.86. The Labute approximate surface area is 148 Å². The molecule has 2 aromatic rings. The lowest BCUT2D eigenvalue weighted by Gasteiger charge is -2.03. The lowest BCUT2D eigenvalue weighted by Crippen LogP contribution is -2.07. The molecule has 3 N–H and O–H groups in total. The lowest BCUT2D eigenvalue weighted by molar-refractivity contribution is -0.134. The molecule has 6 nitrogen and oxygen atoms in total. The van der Waals surface area contributed by atoms with Crippen LogP contribution < -0.4 is 5.32 Å². The van der Waals surface area contributed by atoms with Crippen molar-refractivity contribution in [3.8, 4) is 11.3 Å². The maximum atomic E-state index is 9.55. The SMILES string of the molecule is O=C(O)C=CC(=O)O.c1ccc2c(c1)Cc1sc([C@@H]3CCNC3)nc1-2. The van der Waals surface area contributed by atoms with Crippen LogP contribution in [-0.4, -0.2) is 40.2 Å². The normalized spacial score (nSPS) is 17.7. The van der Waals surface area contributed by atoms with E-state index in [0.717, 1.165) is 19.5 Å². The van der Waals surface area contributed by atoms with Gasteiger partial charge in [-0.25, -0.2) is 14.6 Å². The van der Waals surface area contributed by atoms with E-state index in [9.17, 15) is 9.59 Å². The van der Waals surface area contributed by atoms with Crippen molar-refractivity contribution < 1.29 is 19.8 Å². The van der Waals surface area contributed by atoms with Gasteiger partial charge in [-0.15, -0.1) is 11.3 Å². The maximum Gasteiger partial charge on any atom is 0.328 e. The van der Waals surface area contributed by atoms with Crippen LogP contribution in [0.5, 0.6) is 0 Å². The Kier molecular flexibility index (Phi) is 5.25. The summed E-state index contributed by atoms with van der Waals surface area (Å²) in [6, 6.07) is 8.67. The number of carboxylic acid groups (broad SMARTS) is 2. The van der Waals surface area contributed by atoms with E-state index in [2.05, 4.69) is 29.6 Å². The molecule has 0 saturated carbocycles. The molecular weight excluding hydrogens is 340 g/mol. The number of aliphatic carboxylic acids is 2. The molecule has 7 heteroatoms. The van der Waals surface area contributed by atoms with Gasteiger partial charge in [0.05, 0.1) is 10.7 Å². The van der Waals surface area contributed by atoms with E-state index in [1.807, 2.05) is 11.3 Å². The van der Waals surface area contributed by atoms with Gasteiger partial charge in [-0.2, -0.15) is 0 Å². The molecule has 2 heterocycles. The largest absolute Gasteiger partial charge is 0.478 e. The zero-order valence-electron chi connectivity index (χ0n) is 13.4. The van der Waals surface area contributed by atoms with Gasteiger partial charge in [0.1, 0.15) is 0 Å². The highest BCUT2D eigenvalue weighted by atomic mass is 32.1. The fraction of sp³-hybridized carbons (Fsp3) is 0.278. The summed E-state index contributed by atoms with van der Waals surface area (Å²) in [5.41, 5.74) is 4.06. The van der Waals surface area contributed by atoms with Gasteiger partial charge in [0.25, 0.3) is 0 Å². The molecular formula is C18H18N2O4S. The Morgan fingerprint density at radius 2 is 1.92 bits per heavy atom. The third-order valence-electron chi connectivity index (χ3n) is 4.12. The zero-order chi connectivity index (χ0) is 17.8. The van der Waals surface area contributed by atoms with Crippen LogP contribution in [0, 0.1) is 0 Å². The molecule has 0 spiro atoms. The van der Waals surface area contributed by atoms with Crippen molar-refractivity contribution in [1.29, 1.82) is 0 Å². The Hall–Kier alpha value is -2.51. The number of thiazole rings is 1. The van der Waals surface area contributed by atoms with E-state index < -0.39 is 11.9 Å². The number of fused-ring (bicyclic) bond motifs is 3. The fourth-order valence-corrected chi connectivity index (χ4v) is 4.20. The van der Waals surface area contributed by atoms with Gasteiger partial charge < -0.3 is 15.5 Å². The molecule has 1 fully saturated rings. The van der Waals surface area contributed by atoms with E-state index in [1.54, 1.807) is 0 Å². The van der Waals surface area contributed by atoms with Gasteiger partial charge in [0, 0.05) is 41.5 Å². The van der Waals surface area contributed by atoms with Crippen LogP contribution >= 0.6 is 11.3 Å². The number of hydrogen-bond acceptors (Lipinski definition) is 5. The summed E-state index contributed by atoms with van der Waals surface area (Å²) in [5, 5.41) is 20.4. The second-order valence-corrected chi connectivity index (χ2v) is 6.97. The van der Waals surface area contributed by atoms with Crippen LogP contribution in [0.25, 0.3) is 11.3 Å². The van der Waals surface area contributed by atoms with Crippen LogP contribution in [0.4, 0.5) is 0 Å². The molecule has 1 aliphatic heterocycles. The van der Waals surface area contributed by atoms with Crippen molar-refractivity contribution >= 4 is 23.3 Å². The molecule has 0 bridgehead atoms. The standard InChI is InChI=1S/C14H14N2S.C4H4O4/c1-2-4-11-9(3-1)7-12-13(11)16-14(17-12)10-5-6-15-8-10;5-3(6)1-2-4(7)8/h1-4,10,15H,5-8H2;1-2H,(H,5,6)(H,7,8)/t10-;/m1./s1. The van der Waals surface area contributed by atoms with E-state index >= 15 is 0 Å². The quantitative estimate of drug-likeness (QED) is 0.622. The van der Waals surface area contributed by atoms with Crippen molar-refractivity contribution in [3.05, 3.63) is 51.9 Å². The highest BCUT2D eigenvalue weighted by molar-refractivity contribution is 7.12. The lowest BCUT2D eigenvalue weighted by atomic mass is 10.1. The third-order valence-corrected chi connectivity index (χ3v) is 5.33. The first-order chi connectivity index (χ1) is 12.0. The number of carboxylic acids is 2. The van der Waals surface area contributed by atoms with Gasteiger partial charge in [0.2, 0.25) is 0 Å². The molecule has 130 valence electrons. The van der Waals surface area contributed by atoms with E-state index in [1.165, 1.54) is 33.1 Å². The summed E-state index contributed by atoms with van der Waals surface area (Å²) < 4.78 is 0. The smallest absolute Gasteiger partial charge is 0.328 e. The van der Waals surface area contributed by atoms with Crippen LogP contribution in [0.3, 0.4) is 0 Å². The van der Waals surface area contributed by atoms with Crippen molar-refractivity contribution in [3.63, 3.8) is 0 Å². The first-order valence-corrected chi connectivity index (χ1v) is 8.78. The van der Waals surface area contributed by atoms with Crippen LogP contribution in [-0.2, 0) is 16.0 Å². The Morgan fingerprint density at radius 3 is 2.56 bits per heavy atom. The van der Waals surface area contributed by atoms with E-state index in [0.29, 0.717) is 18.1 Å². The predicted octanol–water partition coefficient (Wildman–Crippen LogP) is 2.50. The van der Waals surface area contributed by atoms with Crippen LogP contribution in [0.2, 0.25) is 0 Å². The number of aromatic nitrogens is 1. The number of benzene rings is 1. The van der Waals surface area contributed by atoms with E-state index in [-0.39, 0.29) is 0 Å². The minimum absolute atomic E-state index is 0.558. The molecule has 4 rings (SSSR count). The molecule has 0 amide bonds. The Morgan fingerprint density at radius 1 is 1.20 bits per heavy atom. The topological polar surface area (TPSA) is 99.5 Å². The molecule has 1 saturated heterocycles. The average Bonchev–Trinajstić information content (AvgIpc) is 3.28. The van der Waals surface area contributed by atoms with Gasteiger partial charge in [-0.3, -0.25) is 0 Å². The van der Waals surface area contributed by atoms with E-state index in [4.69, 9.17) is 15.2 Å². The molecule has 1 aliphatic carbocycles. The molecule has 1 atom stereocenters. The summed E-state index contributed by atoms with van der Waals surface area (Å²) in [5.74, 6) is -1.86. The van der Waals surface area contributed by atoms with Gasteiger partial charge in [-0.05, 0) is 18.5 Å². The summed E-state index contributed by atoms with van der Waals surface area (Å²) >= 11 is 1.92. The number of nitrogens with zero attached hydrogens (tertiary/aromatic N) is 1. The minimum Gasteiger partial charge on any atom is -0.478 e. The number of carbonyl (C=O) groups is 2. The first kappa shape index (κ1) is 17.3. The van der Waals surface area contributed by atoms with Crippen LogP contribution in [0.15, 0.2) is 36.4 Å². The molecule has 0 radical (unpaired) electrons. The van der Waals surface area contributed by atoms with Crippen LogP contribution in [0.1, 0.15) is 27.8 Å². The Balaban J connectivity index is 0.000000197. The molecule has 25 heavy (non-hydrogen) atoms. The molecule has 1 aromatic heterocycles. The summed E-state index contributed by atoms with van der Waals surface area (Å²) in [4.78, 5) is 25.5. The van der Waals surface area contributed by atoms with Crippen molar-refractivity contribution in [1.82, 2.24) is 10.3 Å². The van der Waals surface area contributed by atoms with Gasteiger partial charge in [-0.1, -0.05) is 24.3 Å². The highest BCUT2D eigenvalue weighted by Gasteiger charge is 2.27. The van der Waals surface area contributed by atoms with Crippen molar-refractivity contribution in [2.75, 3.05) is 13.1 Å². The Bertz CT molecular complexity index is 806. The summed E-state index contributed by atoms with van der Waals surface area (Å²) in [6.45, 7) is 2.25. The second kappa shape index (κ2) is 7.58. The average molecular weight is 358 g/mol. The maximum absolute atomic E-state index is 9.55. The number of hydrogen-bond donors (Lipinski definition) is 3. The van der Waals surface area contributed by atoms with Crippen molar-refractivity contribution in [2.24, 2.45) is 0 Å². The number of rotatable bonds is 3. The summed E-state index contributed by atoms with van der Waals surface area (Å²) in [6.07, 6.45) is 3.45. The monoisotopic (exact) mass is 358 g/mol. The molecule has 0 unspecified atom stereocenters. The molecule has 2 aliphatic rings. The predicted molar refractivity (Wildman–Crippen MR) is 95.0 cm³/mol. The highest BCUT2D eigenvalue weighted by Crippen LogP contribution is 2.41. The molecule has 1 aromatic carbocycles. The summed E-state index contributed by atoms with van der Waals surface area (Å²) in [7, 11) is 0. The zero-order valence-corrected chi connectivity index (χ0v) is 14.3. The fourth-order valence-electron chi connectivity index (χ4n) is 2.96. The first-order valence-electron chi connectivity index (χ1n) is 7.97. The number of nitrogens with one attached hydrogen (secondary N) is 1. The van der Waals surface area contributed by atoms with Crippen molar-refractivity contribution in [2.45, 2.75) is 18.8 Å².